The minimum Gasteiger partial charge on any atom is -0.411 e. The summed E-state index contributed by atoms with van der Waals surface area (Å²) in [5.41, 5.74) is -0.469. The first-order chi connectivity index (χ1) is 8.58. The molecule has 3 nitrogen and oxygen atoms in total. The number of ether oxygens (including phenoxy) is 1. The van der Waals surface area contributed by atoms with Gasteiger partial charge in [0.15, 0.2) is 11.6 Å². The van der Waals surface area contributed by atoms with Crippen LogP contribution in [0, 0.1) is 5.82 Å². The van der Waals surface area contributed by atoms with Crippen LogP contribution >= 0.6 is 34.8 Å². The third-order valence-corrected chi connectivity index (χ3v) is 2.59. The lowest BCUT2D eigenvalue weighted by Gasteiger charge is -2.23. The minimum atomic E-state index is -1.08. The molecule has 0 fully saturated rings. The van der Waals surface area contributed by atoms with Crippen molar-refractivity contribution in [3.8, 4) is 5.75 Å². The summed E-state index contributed by atoms with van der Waals surface area (Å²) < 4.78 is 18.1. The van der Waals surface area contributed by atoms with Crippen molar-refractivity contribution >= 4 is 45.9 Å². The van der Waals surface area contributed by atoms with Crippen LogP contribution in [0.15, 0.2) is 18.2 Å². The molecule has 0 unspecified atom stereocenters. The summed E-state index contributed by atoms with van der Waals surface area (Å²) in [6, 6.07) is 4.19. The Morgan fingerprint density at radius 3 is 2.33 bits per heavy atom. The van der Waals surface area contributed by atoms with E-state index in [0.29, 0.717) is 30.5 Å². The van der Waals surface area contributed by atoms with Crippen molar-refractivity contribution in [3.63, 3.8) is 0 Å². The summed E-state index contributed by atoms with van der Waals surface area (Å²) >= 11 is 16.3. The summed E-state index contributed by atoms with van der Waals surface area (Å²) in [6.45, 7) is 1.09. The van der Waals surface area contributed by atoms with Crippen LogP contribution < -0.4 is 9.64 Å². The van der Waals surface area contributed by atoms with Crippen molar-refractivity contribution in [1.82, 2.24) is 0 Å². The Morgan fingerprint density at radius 1 is 1.28 bits per heavy atom. The summed E-state index contributed by atoms with van der Waals surface area (Å²) in [5, 5.41) is 0. The van der Waals surface area contributed by atoms with Gasteiger partial charge in [-0.25, -0.2) is 9.18 Å². The number of halogens is 4. The molecule has 0 N–H and O–H groups in total. The van der Waals surface area contributed by atoms with E-state index in [1.54, 1.807) is 6.07 Å². The van der Waals surface area contributed by atoms with Crippen molar-refractivity contribution in [3.05, 3.63) is 24.0 Å². The van der Waals surface area contributed by atoms with Crippen LogP contribution in [-0.2, 0) is 0 Å². The van der Waals surface area contributed by atoms with Crippen LogP contribution in [0.5, 0.6) is 5.75 Å². The second kappa shape index (κ2) is 7.67. The standard InChI is InChI=1S/C11H11Cl3FNO2/c12-3-5-16(6-4-13)8-1-2-10(9(15)7-8)18-11(14)17/h1-2,7H,3-6H2. The zero-order valence-electron chi connectivity index (χ0n) is 9.34. The van der Waals surface area contributed by atoms with Gasteiger partial charge in [-0.2, -0.15) is 0 Å². The highest BCUT2D eigenvalue weighted by atomic mass is 35.5. The van der Waals surface area contributed by atoms with Crippen molar-refractivity contribution in [2.45, 2.75) is 0 Å². The molecule has 1 aromatic carbocycles. The second-order valence-electron chi connectivity index (χ2n) is 3.32. The van der Waals surface area contributed by atoms with E-state index in [1.807, 2.05) is 4.90 Å². The van der Waals surface area contributed by atoms with Crippen molar-refractivity contribution in [2.75, 3.05) is 29.7 Å². The first-order valence-corrected chi connectivity index (χ1v) is 6.57. The van der Waals surface area contributed by atoms with Gasteiger partial charge in [0.2, 0.25) is 0 Å². The first kappa shape index (κ1) is 15.3. The van der Waals surface area contributed by atoms with Crippen LogP contribution in [0.2, 0.25) is 0 Å². The molecule has 0 aliphatic heterocycles. The van der Waals surface area contributed by atoms with Gasteiger partial charge in [-0.05, 0) is 12.1 Å². The van der Waals surface area contributed by atoms with E-state index in [9.17, 15) is 9.18 Å². The predicted molar refractivity (Wildman–Crippen MR) is 71.9 cm³/mol. The quantitative estimate of drug-likeness (QED) is 0.590. The third-order valence-electron chi connectivity index (χ3n) is 2.18. The number of carbonyl (C=O) groups is 1. The van der Waals surface area contributed by atoms with Crippen molar-refractivity contribution < 1.29 is 13.9 Å². The molecular formula is C11H11Cl3FNO2. The molecule has 0 saturated heterocycles. The molecule has 0 atom stereocenters. The van der Waals surface area contributed by atoms with Gasteiger partial charge in [0.05, 0.1) is 0 Å². The molecule has 0 spiro atoms. The molecule has 1 rings (SSSR count). The number of hydrogen-bond acceptors (Lipinski definition) is 3. The number of rotatable bonds is 6. The predicted octanol–water partition coefficient (Wildman–Crippen LogP) is 3.85. The molecule has 0 aromatic heterocycles. The van der Waals surface area contributed by atoms with Crippen LogP contribution in [-0.4, -0.2) is 30.3 Å². The highest BCUT2D eigenvalue weighted by Crippen LogP contribution is 2.24. The molecule has 0 saturated carbocycles. The Labute approximate surface area is 119 Å². The average Bonchev–Trinajstić information content (AvgIpc) is 2.31. The average molecular weight is 315 g/mol. The number of anilines is 1. The molecule has 7 heteroatoms. The zero-order valence-corrected chi connectivity index (χ0v) is 11.6. The number of nitrogens with zero attached hydrogens (tertiary/aromatic N) is 1. The van der Waals surface area contributed by atoms with Crippen molar-refractivity contribution in [2.24, 2.45) is 0 Å². The maximum absolute atomic E-state index is 13.6. The second-order valence-corrected chi connectivity index (χ2v) is 4.38. The molecule has 1 aromatic rings. The van der Waals surface area contributed by atoms with E-state index in [1.165, 1.54) is 12.1 Å². The van der Waals surface area contributed by atoms with Crippen LogP contribution in [0.1, 0.15) is 0 Å². The highest BCUT2D eigenvalue weighted by molar-refractivity contribution is 6.61. The molecule has 0 radical (unpaired) electrons. The van der Waals surface area contributed by atoms with E-state index in [4.69, 9.17) is 34.8 Å². The minimum absolute atomic E-state index is 0.213. The molecule has 0 aliphatic rings. The van der Waals surface area contributed by atoms with E-state index >= 15 is 0 Å². The lowest BCUT2D eigenvalue weighted by molar-refractivity contribution is 0.223. The molecule has 0 amide bonds. The Morgan fingerprint density at radius 2 is 1.89 bits per heavy atom. The Kier molecular flexibility index (Phi) is 6.54. The lowest BCUT2D eigenvalue weighted by atomic mass is 10.2. The van der Waals surface area contributed by atoms with Gasteiger partial charge in [-0.15, -0.1) is 23.2 Å². The number of alkyl halides is 2. The van der Waals surface area contributed by atoms with Gasteiger partial charge in [0.25, 0.3) is 0 Å². The summed E-state index contributed by atoms with van der Waals surface area (Å²) in [7, 11) is 0. The van der Waals surface area contributed by atoms with Crippen LogP contribution in [0.3, 0.4) is 0 Å². The molecular weight excluding hydrogens is 303 g/mol. The van der Waals surface area contributed by atoms with Crippen LogP contribution in [0.4, 0.5) is 14.9 Å². The van der Waals surface area contributed by atoms with Gasteiger partial charge in [-0.1, -0.05) is 0 Å². The summed E-state index contributed by atoms with van der Waals surface area (Å²) in [5.74, 6) is -0.0838. The normalized spacial score (nSPS) is 10.2. The third kappa shape index (κ3) is 4.52. The highest BCUT2D eigenvalue weighted by Gasteiger charge is 2.11. The molecule has 0 bridgehead atoms. The van der Waals surface area contributed by atoms with Gasteiger partial charge in [0.1, 0.15) is 0 Å². The maximum atomic E-state index is 13.6. The van der Waals surface area contributed by atoms with Gasteiger partial charge in [-0.3, -0.25) is 0 Å². The Hall–Kier alpha value is -0.710. The maximum Gasteiger partial charge on any atom is 0.409 e. The monoisotopic (exact) mass is 313 g/mol. The summed E-state index contributed by atoms with van der Waals surface area (Å²) in [4.78, 5) is 12.3. The zero-order chi connectivity index (χ0) is 13.5. The SMILES string of the molecule is O=C(Cl)Oc1ccc(N(CCCl)CCCl)cc1F. The van der Waals surface area contributed by atoms with E-state index < -0.39 is 11.2 Å². The smallest absolute Gasteiger partial charge is 0.409 e. The molecule has 18 heavy (non-hydrogen) atoms. The van der Waals surface area contributed by atoms with Gasteiger partial charge < -0.3 is 9.64 Å². The fourth-order valence-corrected chi connectivity index (χ4v) is 1.92. The topological polar surface area (TPSA) is 29.5 Å². The molecule has 100 valence electrons. The fourth-order valence-electron chi connectivity index (χ4n) is 1.43. The number of benzene rings is 1. The number of hydrogen-bond donors (Lipinski definition) is 0. The first-order valence-electron chi connectivity index (χ1n) is 5.12. The van der Waals surface area contributed by atoms with Crippen molar-refractivity contribution in [1.29, 1.82) is 0 Å². The molecule has 0 aliphatic carbocycles. The van der Waals surface area contributed by atoms with Crippen LogP contribution in [0.25, 0.3) is 0 Å². The summed E-state index contributed by atoms with van der Waals surface area (Å²) in [6.07, 6.45) is 0. The molecule has 0 heterocycles. The van der Waals surface area contributed by atoms with Gasteiger partial charge in [0, 0.05) is 48.2 Å². The lowest BCUT2D eigenvalue weighted by Crippen LogP contribution is -2.27. The Balaban J connectivity index is 2.89. The Bertz CT molecular complexity index is 411. The van der Waals surface area contributed by atoms with E-state index in [0.717, 1.165) is 0 Å². The van der Waals surface area contributed by atoms with Gasteiger partial charge >= 0.3 is 5.43 Å². The number of carbonyl (C=O) groups excluding carboxylic acids is 1. The largest absolute Gasteiger partial charge is 0.411 e. The van der Waals surface area contributed by atoms with E-state index in [-0.39, 0.29) is 5.75 Å². The fraction of sp³-hybridized carbons (Fsp3) is 0.364. The van der Waals surface area contributed by atoms with E-state index in [2.05, 4.69) is 4.74 Å².